The topological polar surface area (TPSA) is 60.8 Å². The van der Waals surface area contributed by atoms with Crippen molar-refractivity contribution in [1.29, 1.82) is 0 Å². The van der Waals surface area contributed by atoms with Crippen LogP contribution in [0.3, 0.4) is 0 Å². The van der Waals surface area contributed by atoms with Gasteiger partial charge in [0.15, 0.2) is 0 Å². The molecule has 0 saturated carbocycles. The standard InChI is InChI=1S/C7H11NO3/c1-5-2-3-8(7(10)11)4-6(5)9/h6,9H,1-4H2,(H,10,11). The molecule has 0 spiro atoms. The van der Waals surface area contributed by atoms with Crippen LogP contribution < -0.4 is 0 Å². The first kappa shape index (κ1) is 8.07. The third kappa shape index (κ3) is 1.71. The number of amides is 1. The lowest BCUT2D eigenvalue weighted by Gasteiger charge is -2.29. The molecule has 4 heteroatoms. The smallest absolute Gasteiger partial charge is 0.407 e. The summed E-state index contributed by atoms with van der Waals surface area (Å²) >= 11 is 0. The van der Waals surface area contributed by atoms with E-state index < -0.39 is 12.2 Å². The average molecular weight is 157 g/mol. The Kier molecular flexibility index (Phi) is 2.14. The Morgan fingerprint density at radius 3 is 2.82 bits per heavy atom. The summed E-state index contributed by atoms with van der Waals surface area (Å²) in [5, 5.41) is 17.7. The van der Waals surface area contributed by atoms with Gasteiger partial charge in [-0.1, -0.05) is 6.58 Å². The van der Waals surface area contributed by atoms with Crippen LogP contribution in [0, 0.1) is 0 Å². The predicted octanol–water partition coefficient (Wildman–Crippen LogP) is 0.287. The zero-order valence-corrected chi connectivity index (χ0v) is 6.16. The minimum absolute atomic E-state index is 0.161. The van der Waals surface area contributed by atoms with Crippen LogP contribution >= 0.6 is 0 Å². The summed E-state index contributed by atoms with van der Waals surface area (Å²) in [4.78, 5) is 11.6. The van der Waals surface area contributed by atoms with E-state index in [1.165, 1.54) is 4.90 Å². The maximum atomic E-state index is 10.4. The van der Waals surface area contributed by atoms with Gasteiger partial charge in [0.1, 0.15) is 0 Å². The van der Waals surface area contributed by atoms with Gasteiger partial charge < -0.3 is 15.1 Å². The normalized spacial score (nSPS) is 25.4. The van der Waals surface area contributed by atoms with E-state index in [4.69, 9.17) is 5.11 Å². The fourth-order valence-corrected chi connectivity index (χ4v) is 1.05. The van der Waals surface area contributed by atoms with E-state index in [2.05, 4.69) is 6.58 Å². The van der Waals surface area contributed by atoms with Gasteiger partial charge in [-0.2, -0.15) is 0 Å². The first-order chi connectivity index (χ1) is 5.11. The summed E-state index contributed by atoms with van der Waals surface area (Å²) in [5.41, 5.74) is 0.725. The van der Waals surface area contributed by atoms with Gasteiger partial charge in [-0.05, 0) is 12.0 Å². The van der Waals surface area contributed by atoms with Gasteiger partial charge in [-0.3, -0.25) is 0 Å². The second kappa shape index (κ2) is 2.92. The molecule has 1 amide bonds. The lowest BCUT2D eigenvalue weighted by atomic mass is 10.0. The number of likely N-dealkylation sites (tertiary alicyclic amines) is 1. The fraction of sp³-hybridized carbons (Fsp3) is 0.571. The van der Waals surface area contributed by atoms with Crippen molar-refractivity contribution in [3.05, 3.63) is 12.2 Å². The maximum Gasteiger partial charge on any atom is 0.407 e. The van der Waals surface area contributed by atoms with Crippen LogP contribution in [0.5, 0.6) is 0 Å². The SMILES string of the molecule is C=C1CCN(C(=O)O)CC1O. The van der Waals surface area contributed by atoms with Gasteiger partial charge in [-0.25, -0.2) is 4.79 Å². The molecule has 62 valence electrons. The minimum Gasteiger partial charge on any atom is -0.465 e. The van der Waals surface area contributed by atoms with Crippen LogP contribution in [-0.2, 0) is 0 Å². The molecule has 1 heterocycles. The van der Waals surface area contributed by atoms with Crippen molar-refractivity contribution >= 4 is 6.09 Å². The number of nitrogens with zero attached hydrogens (tertiary/aromatic N) is 1. The maximum absolute atomic E-state index is 10.4. The number of carbonyl (C=O) groups is 1. The van der Waals surface area contributed by atoms with E-state index in [0.29, 0.717) is 13.0 Å². The minimum atomic E-state index is -0.975. The number of β-amino-alcohol motifs (C(OH)–C–C–N with tert-alkyl or cyclic N) is 1. The molecule has 0 aromatic rings. The molecule has 11 heavy (non-hydrogen) atoms. The quantitative estimate of drug-likeness (QED) is 0.497. The van der Waals surface area contributed by atoms with Gasteiger partial charge in [0.25, 0.3) is 0 Å². The Bertz CT molecular complexity index is 190. The van der Waals surface area contributed by atoms with Crippen molar-refractivity contribution in [3.63, 3.8) is 0 Å². The number of aliphatic hydroxyl groups is 1. The summed E-state index contributed by atoms with van der Waals surface area (Å²) in [5.74, 6) is 0. The molecular weight excluding hydrogens is 146 g/mol. The first-order valence-corrected chi connectivity index (χ1v) is 3.45. The summed E-state index contributed by atoms with van der Waals surface area (Å²) in [6.07, 6.45) is -1.09. The Morgan fingerprint density at radius 2 is 2.36 bits per heavy atom. The molecule has 2 N–H and O–H groups in total. The fourth-order valence-electron chi connectivity index (χ4n) is 1.05. The molecule has 0 bridgehead atoms. The Morgan fingerprint density at radius 1 is 1.73 bits per heavy atom. The van der Waals surface area contributed by atoms with Crippen molar-refractivity contribution in [3.8, 4) is 0 Å². The average Bonchev–Trinajstić information content (AvgIpc) is 1.94. The van der Waals surface area contributed by atoms with E-state index in [0.717, 1.165) is 5.57 Å². The van der Waals surface area contributed by atoms with E-state index in [1.807, 2.05) is 0 Å². The molecule has 1 aliphatic heterocycles. The van der Waals surface area contributed by atoms with Crippen molar-refractivity contribution in [2.24, 2.45) is 0 Å². The summed E-state index contributed by atoms with van der Waals surface area (Å²) < 4.78 is 0. The highest BCUT2D eigenvalue weighted by Gasteiger charge is 2.23. The van der Waals surface area contributed by atoms with Crippen LogP contribution in [-0.4, -0.2) is 40.4 Å². The van der Waals surface area contributed by atoms with Gasteiger partial charge in [0.05, 0.1) is 12.6 Å². The van der Waals surface area contributed by atoms with Crippen molar-refractivity contribution < 1.29 is 15.0 Å². The van der Waals surface area contributed by atoms with E-state index in [9.17, 15) is 9.90 Å². The number of piperidine rings is 1. The highest BCUT2D eigenvalue weighted by atomic mass is 16.4. The van der Waals surface area contributed by atoms with Gasteiger partial charge >= 0.3 is 6.09 Å². The second-order valence-corrected chi connectivity index (χ2v) is 2.65. The van der Waals surface area contributed by atoms with Crippen LogP contribution in [0.1, 0.15) is 6.42 Å². The lowest BCUT2D eigenvalue weighted by Crippen LogP contribution is -2.42. The van der Waals surface area contributed by atoms with Crippen molar-refractivity contribution in [1.82, 2.24) is 4.90 Å². The Balaban J connectivity index is 2.52. The van der Waals surface area contributed by atoms with Crippen molar-refractivity contribution in [2.75, 3.05) is 13.1 Å². The van der Waals surface area contributed by atoms with Gasteiger partial charge in [-0.15, -0.1) is 0 Å². The molecule has 1 unspecified atom stereocenters. The molecule has 0 aromatic carbocycles. The van der Waals surface area contributed by atoms with Crippen LogP contribution in [0.4, 0.5) is 4.79 Å². The monoisotopic (exact) mass is 157 g/mol. The Hall–Kier alpha value is -1.03. The Labute approximate surface area is 64.7 Å². The number of rotatable bonds is 0. The summed E-state index contributed by atoms with van der Waals surface area (Å²) in [6, 6.07) is 0. The molecule has 1 aliphatic rings. The lowest BCUT2D eigenvalue weighted by molar-refractivity contribution is 0.0948. The molecule has 1 fully saturated rings. The highest BCUT2D eigenvalue weighted by molar-refractivity contribution is 5.65. The summed E-state index contributed by atoms with van der Waals surface area (Å²) in [6.45, 7) is 4.23. The summed E-state index contributed by atoms with van der Waals surface area (Å²) in [7, 11) is 0. The predicted molar refractivity (Wildman–Crippen MR) is 39.4 cm³/mol. The number of hydrogen-bond donors (Lipinski definition) is 2. The number of hydrogen-bond acceptors (Lipinski definition) is 2. The van der Waals surface area contributed by atoms with E-state index in [-0.39, 0.29) is 6.54 Å². The number of aliphatic hydroxyl groups excluding tert-OH is 1. The molecule has 0 aromatic heterocycles. The zero-order chi connectivity index (χ0) is 8.43. The highest BCUT2D eigenvalue weighted by Crippen LogP contribution is 2.14. The van der Waals surface area contributed by atoms with Gasteiger partial charge in [0, 0.05) is 6.54 Å². The molecule has 1 rings (SSSR count). The van der Waals surface area contributed by atoms with Crippen LogP contribution in [0.25, 0.3) is 0 Å². The zero-order valence-electron chi connectivity index (χ0n) is 6.16. The third-order valence-corrected chi connectivity index (χ3v) is 1.84. The second-order valence-electron chi connectivity index (χ2n) is 2.65. The largest absolute Gasteiger partial charge is 0.465 e. The molecule has 1 atom stereocenters. The van der Waals surface area contributed by atoms with Gasteiger partial charge in [0.2, 0.25) is 0 Å². The first-order valence-electron chi connectivity index (χ1n) is 3.45. The van der Waals surface area contributed by atoms with Crippen LogP contribution in [0.15, 0.2) is 12.2 Å². The molecule has 0 radical (unpaired) electrons. The molecule has 4 nitrogen and oxygen atoms in total. The van der Waals surface area contributed by atoms with Crippen LogP contribution in [0.2, 0.25) is 0 Å². The van der Waals surface area contributed by atoms with Crippen molar-refractivity contribution in [2.45, 2.75) is 12.5 Å². The van der Waals surface area contributed by atoms with E-state index in [1.54, 1.807) is 0 Å². The number of carboxylic acid groups (broad SMARTS) is 1. The third-order valence-electron chi connectivity index (χ3n) is 1.84. The molecule has 1 saturated heterocycles. The molecular formula is C7H11NO3. The molecule has 0 aliphatic carbocycles. The van der Waals surface area contributed by atoms with E-state index >= 15 is 0 Å².